The van der Waals surface area contributed by atoms with Gasteiger partial charge in [-0.15, -0.1) is 23.5 Å². The van der Waals surface area contributed by atoms with Crippen LogP contribution in [0.5, 0.6) is 0 Å². The molecular weight excluding hydrogens is 569 g/mol. The fourth-order valence-electron chi connectivity index (χ4n) is 6.33. The number of unbranched alkanes of at least 4 members (excludes halogenated alkanes) is 30. The predicted octanol–water partition coefficient (Wildman–Crippen LogP) is 16.4. The Morgan fingerprint density at radius 1 is 0.318 bits per heavy atom. The maximum atomic E-state index is 2.44. The molecule has 0 fully saturated rings. The fraction of sp³-hybridized carbons (Fsp3) is 0.857. The summed E-state index contributed by atoms with van der Waals surface area (Å²) in [6.07, 6.45) is 46.4. The minimum Gasteiger partial charge on any atom is -0.126 e. The normalized spacial score (nSPS) is 11.5. The zero-order valence-electron chi connectivity index (χ0n) is 30.2. The standard InChI is InChI=1S/C42H78S2/c1-3-5-7-9-11-13-15-17-19-21-23-25-27-29-31-33-38-43-41-36-35-37-42(40-41)44-39-34-32-30-28-26-24-22-20-18-16-14-12-10-8-6-4-2/h35-37,40H,3-34,38-39H2,1-2H3. The molecule has 0 saturated heterocycles. The Bertz CT molecular complexity index is 618. The van der Waals surface area contributed by atoms with Crippen LogP contribution in [0.1, 0.15) is 219 Å². The van der Waals surface area contributed by atoms with Crippen LogP contribution in [0.2, 0.25) is 0 Å². The van der Waals surface area contributed by atoms with Crippen LogP contribution in [-0.4, -0.2) is 11.5 Å². The van der Waals surface area contributed by atoms with Crippen LogP contribution in [-0.2, 0) is 0 Å². The van der Waals surface area contributed by atoms with Gasteiger partial charge in [0.2, 0.25) is 0 Å². The van der Waals surface area contributed by atoms with E-state index in [2.05, 4.69) is 61.6 Å². The molecule has 1 rings (SSSR count). The Labute approximate surface area is 287 Å². The van der Waals surface area contributed by atoms with Crippen LogP contribution in [0.3, 0.4) is 0 Å². The Kier molecular flexibility index (Phi) is 34.1. The van der Waals surface area contributed by atoms with E-state index in [0.717, 1.165) is 0 Å². The first-order valence-corrected chi connectivity index (χ1v) is 22.2. The van der Waals surface area contributed by atoms with Crippen molar-refractivity contribution in [3.05, 3.63) is 24.3 Å². The molecule has 1 aromatic carbocycles. The Balaban J connectivity index is 1.83. The zero-order valence-corrected chi connectivity index (χ0v) is 31.8. The summed E-state index contributed by atoms with van der Waals surface area (Å²) in [7, 11) is 0. The number of benzene rings is 1. The SMILES string of the molecule is CCCCCCCCCCCCCCCCCCSc1cccc(SCCCCCCCCCCCCCCCCCC)c1. The van der Waals surface area contributed by atoms with Crippen LogP contribution in [0.25, 0.3) is 0 Å². The maximum absolute atomic E-state index is 2.44. The summed E-state index contributed by atoms with van der Waals surface area (Å²) in [5.74, 6) is 2.57. The molecule has 0 nitrogen and oxygen atoms in total. The second-order valence-corrected chi connectivity index (χ2v) is 16.1. The average Bonchev–Trinajstić information content (AvgIpc) is 3.04. The highest BCUT2D eigenvalue weighted by Crippen LogP contribution is 2.27. The molecule has 0 bridgehead atoms. The third kappa shape index (κ3) is 30.6. The molecule has 44 heavy (non-hydrogen) atoms. The summed E-state index contributed by atoms with van der Waals surface area (Å²) in [4.78, 5) is 2.95. The van der Waals surface area contributed by atoms with E-state index in [4.69, 9.17) is 0 Å². The summed E-state index contributed by atoms with van der Waals surface area (Å²) < 4.78 is 0. The molecule has 0 aliphatic heterocycles. The fourth-order valence-corrected chi connectivity index (χ4v) is 8.35. The lowest BCUT2D eigenvalue weighted by atomic mass is 10.0. The van der Waals surface area contributed by atoms with E-state index in [0.29, 0.717) is 0 Å². The number of thioether (sulfide) groups is 2. The van der Waals surface area contributed by atoms with Crippen LogP contribution < -0.4 is 0 Å². The smallest absolute Gasteiger partial charge is 0.00830 e. The van der Waals surface area contributed by atoms with E-state index in [1.54, 1.807) is 0 Å². The molecule has 2 heteroatoms. The van der Waals surface area contributed by atoms with E-state index >= 15 is 0 Å². The topological polar surface area (TPSA) is 0 Å². The summed E-state index contributed by atoms with van der Waals surface area (Å²) in [6.45, 7) is 4.61. The van der Waals surface area contributed by atoms with Gasteiger partial charge in [-0.05, 0) is 42.5 Å². The molecule has 0 spiro atoms. The van der Waals surface area contributed by atoms with E-state index in [1.807, 2.05) is 0 Å². The second-order valence-electron chi connectivity index (χ2n) is 13.8. The Morgan fingerprint density at radius 2 is 0.545 bits per heavy atom. The molecule has 0 radical (unpaired) electrons. The first-order chi connectivity index (χ1) is 21.9. The van der Waals surface area contributed by atoms with Gasteiger partial charge < -0.3 is 0 Å². The highest BCUT2D eigenvalue weighted by atomic mass is 32.2. The summed E-state index contributed by atoms with van der Waals surface area (Å²) in [5.41, 5.74) is 0. The first kappa shape index (κ1) is 41.9. The maximum Gasteiger partial charge on any atom is 0.00830 e. The quantitative estimate of drug-likeness (QED) is 0.0525. The van der Waals surface area contributed by atoms with Crippen molar-refractivity contribution in [2.45, 2.75) is 229 Å². The van der Waals surface area contributed by atoms with Crippen LogP contribution in [0.4, 0.5) is 0 Å². The highest BCUT2D eigenvalue weighted by Gasteiger charge is 2.00. The van der Waals surface area contributed by atoms with Crippen molar-refractivity contribution in [2.24, 2.45) is 0 Å². The number of hydrogen-bond donors (Lipinski definition) is 0. The first-order valence-electron chi connectivity index (χ1n) is 20.2. The summed E-state index contributed by atoms with van der Waals surface area (Å²) in [5, 5.41) is 0. The third-order valence-corrected chi connectivity index (χ3v) is 11.5. The van der Waals surface area contributed by atoms with Crippen molar-refractivity contribution in [3.8, 4) is 0 Å². The molecule has 1 aromatic rings. The monoisotopic (exact) mass is 647 g/mol. The van der Waals surface area contributed by atoms with Crippen molar-refractivity contribution in [3.63, 3.8) is 0 Å². The average molecular weight is 647 g/mol. The van der Waals surface area contributed by atoms with Crippen molar-refractivity contribution < 1.29 is 0 Å². The lowest BCUT2D eigenvalue weighted by Gasteiger charge is -2.06. The third-order valence-electron chi connectivity index (χ3n) is 9.34. The van der Waals surface area contributed by atoms with Gasteiger partial charge in [-0.1, -0.05) is 213 Å². The van der Waals surface area contributed by atoms with Crippen molar-refractivity contribution >= 4 is 23.5 Å². The molecule has 0 amide bonds. The molecule has 0 aliphatic carbocycles. The summed E-state index contributed by atoms with van der Waals surface area (Å²) >= 11 is 4.15. The summed E-state index contributed by atoms with van der Waals surface area (Å²) in [6, 6.07) is 9.34. The van der Waals surface area contributed by atoms with Gasteiger partial charge in [-0.2, -0.15) is 0 Å². The molecule has 0 atom stereocenters. The Morgan fingerprint density at radius 3 is 0.795 bits per heavy atom. The van der Waals surface area contributed by atoms with Crippen LogP contribution in [0, 0.1) is 0 Å². The minimum absolute atomic E-state index is 1.28. The van der Waals surface area contributed by atoms with Crippen molar-refractivity contribution in [1.29, 1.82) is 0 Å². The van der Waals surface area contributed by atoms with Gasteiger partial charge in [-0.3, -0.25) is 0 Å². The van der Waals surface area contributed by atoms with Gasteiger partial charge in [0.15, 0.2) is 0 Å². The van der Waals surface area contributed by atoms with Gasteiger partial charge in [0.05, 0.1) is 0 Å². The highest BCUT2D eigenvalue weighted by molar-refractivity contribution is 8.00. The van der Waals surface area contributed by atoms with Gasteiger partial charge in [0.25, 0.3) is 0 Å². The Hall–Kier alpha value is -0.0800. The lowest BCUT2D eigenvalue weighted by molar-refractivity contribution is 0.531. The molecule has 258 valence electrons. The van der Waals surface area contributed by atoms with Gasteiger partial charge in [-0.25, -0.2) is 0 Å². The van der Waals surface area contributed by atoms with E-state index < -0.39 is 0 Å². The lowest BCUT2D eigenvalue weighted by Crippen LogP contribution is -1.86. The zero-order chi connectivity index (χ0) is 31.4. The molecule has 0 unspecified atom stereocenters. The van der Waals surface area contributed by atoms with Gasteiger partial charge in [0.1, 0.15) is 0 Å². The van der Waals surface area contributed by atoms with E-state index in [-0.39, 0.29) is 0 Å². The number of rotatable bonds is 36. The van der Waals surface area contributed by atoms with E-state index in [9.17, 15) is 0 Å². The van der Waals surface area contributed by atoms with Gasteiger partial charge in [0, 0.05) is 9.79 Å². The molecular formula is C42H78S2. The van der Waals surface area contributed by atoms with Crippen LogP contribution in [0.15, 0.2) is 34.1 Å². The van der Waals surface area contributed by atoms with Gasteiger partial charge >= 0.3 is 0 Å². The molecule has 0 N–H and O–H groups in total. The molecule has 0 saturated carbocycles. The van der Waals surface area contributed by atoms with Crippen LogP contribution >= 0.6 is 23.5 Å². The molecule has 0 heterocycles. The van der Waals surface area contributed by atoms with Crippen molar-refractivity contribution in [2.75, 3.05) is 11.5 Å². The van der Waals surface area contributed by atoms with Crippen molar-refractivity contribution in [1.82, 2.24) is 0 Å². The number of hydrogen-bond acceptors (Lipinski definition) is 2. The molecule has 0 aliphatic rings. The predicted molar refractivity (Wildman–Crippen MR) is 207 cm³/mol. The largest absolute Gasteiger partial charge is 0.126 e. The van der Waals surface area contributed by atoms with E-state index in [1.165, 1.54) is 227 Å². The minimum atomic E-state index is 1.28. The molecule has 0 aromatic heterocycles. The second kappa shape index (κ2) is 35.8.